The van der Waals surface area contributed by atoms with E-state index in [1.54, 1.807) is 11.3 Å². The zero-order chi connectivity index (χ0) is 20.5. The SMILES string of the molecule is C=C(Oc1nc(Cl)c(C)c(NCc2sc(C)nc2C)n1)C1CC1C1CC=CC=N1. The van der Waals surface area contributed by atoms with Gasteiger partial charge >= 0.3 is 6.01 Å². The van der Waals surface area contributed by atoms with Gasteiger partial charge in [-0.3, -0.25) is 4.99 Å². The van der Waals surface area contributed by atoms with Crippen LogP contribution in [0, 0.1) is 32.6 Å². The number of dihydropyridines is 1. The summed E-state index contributed by atoms with van der Waals surface area (Å²) in [5, 5.41) is 4.76. The second-order valence-corrected chi connectivity index (χ2v) is 9.12. The van der Waals surface area contributed by atoms with Crippen LogP contribution >= 0.6 is 22.9 Å². The number of halogens is 1. The quantitative estimate of drug-likeness (QED) is 0.492. The van der Waals surface area contributed by atoms with Gasteiger partial charge in [0.1, 0.15) is 16.7 Å². The van der Waals surface area contributed by atoms with Crippen LogP contribution in [0.4, 0.5) is 5.82 Å². The third-order valence-electron chi connectivity index (χ3n) is 5.33. The first kappa shape index (κ1) is 20.0. The number of aromatic nitrogens is 3. The van der Waals surface area contributed by atoms with Crippen LogP contribution in [0.2, 0.25) is 5.15 Å². The number of aryl methyl sites for hydroxylation is 2. The van der Waals surface area contributed by atoms with Gasteiger partial charge < -0.3 is 10.1 Å². The van der Waals surface area contributed by atoms with Crippen LogP contribution in [-0.2, 0) is 6.54 Å². The molecule has 1 fully saturated rings. The first-order valence-electron chi connectivity index (χ1n) is 9.68. The van der Waals surface area contributed by atoms with Gasteiger partial charge in [0.2, 0.25) is 0 Å². The van der Waals surface area contributed by atoms with Crippen molar-refractivity contribution in [2.24, 2.45) is 16.8 Å². The fraction of sp³-hybridized carbons (Fsp3) is 0.429. The second-order valence-electron chi connectivity index (χ2n) is 7.47. The highest BCUT2D eigenvalue weighted by Crippen LogP contribution is 2.48. The average molecular weight is 430 g/mol. The number of aliphatic imine (C=N–C) groups is 1. The molecule has 2 aromatic heterocycles. The van der Waals surface area contributed by atoms with Crippen LogP contribution in [0.15, 0.2) is 29.5 Å². The van der Waals surface area contributed by atoms with E-state index in [1.807, 2.05) is 33.1 Å². The Hall–Kier alpha value is -2.25. The van der Waals surface area contributed by atoms with Gasteiger partial charge in [-0.25, -0.2) is 4.98 Å². The molecule has 3 heterocycles. The van der Waals surface area contributed by atoms with Gasteiger partial charge in [-0.15, -0.1) is 11.3 Å². The van der Waals surface area contributed by atoms with Gasteiger partial charge in [0.05, 0.1) is 23.3 Å². The third kappa shape index (κ3) is 4.51. The number of ether oxygens (including phenoxy) is 1. The molecule has 0 bridgehead atoms. The maximum absolute atomic E-state index is 6.33. The molecule has 29 heavy (non-hydrogen) atoms. The summed E-state index contributed by atoms with van der Waals surface area (Å²) in [7, 11) is 0. The molecule has 152 valence electrons. The van der Waals surface area contributed by atoms with Crippen LogP contribution in [0.25, 0.3) is 0 Å². The van der Waals surface area contributed by atoms with E-state index in [-0.39, 0.29) is 11.9 Å². The van der Waals surface area contributed by atoms with Crippen molar-refractivity contribution in [3.8, 4) is 6.01 Å². The molecule has 3 atom stereocenters. The van der Waals surface area contributed by atoms with Crippen LogP contribution < -0.4 is 10.1 Å². The summed E-state index contributed by atoms with van der Waals surface area (Å²) < 4.78 is 5.89. The lowest BCUT2D eigenvalue weighted by Gasteiger charge is -2.14. The van der Waals surface area contributed by atoms with Gasteiger partial charge in [0.15, 0.2) is 0 Å². The number of anilines is 1. The third-order valence-corrected chi connectivity index (χ3v) is 6.77. The molecular weight excluding hydrogens is 406 g/mol. The summed E-state index contributed by atoms with van der Waals surface area (Å²) >= 11 is 8.00. The molecule has 2 aliphatic rings. The molecule has 4 rings (SSSR count). The lowest BCUT2D eigenvalue weighted by molar-refractivity contribution is 0.356. The predicted octanol–water partition coefficient (Wildman–Crippen LogP) is 5.05. The summed E-state index contributed by atoms with van der Waals surface area (Å²) in [5.41, 5.74) is 1.82. The number of hydrogen-bond donors (Lipinski definition) is 1. The van der Waals surface area contributed by atoms with Gasteiger partial charge in [-0.1, -0.05) is 24.3 Å². The normalized spacial score (nSPS) is 22.6. The molecule has 0 spiro atoms. The molecule has 1 aliphatic carbocycles. The zero-order valence-electron chi connectivity index (χ0n) is 16.8. The minimum absolute atomic E-state index is 0.225. The number of nitrogens with one attached hydrogen (secondary N) is 1. The monoisotopic (exact) mass is 429 g/mol. The van der Waals surface area contributed by atoms with E-state index in [0.29, 0.717) is 35.2 Å². The van der Waals surface area contributed by atoms with Crippen molar-refractivity contribution in [1.82, 2.24) is 15.0 Å². The lowest BCUT2D eigenvalue weighted by atomic mass is 10.1. The van der Waals surface area contributed by atoms with E-state index in [2.05, 4.69) is 37.9 Å². The topological polar surface area (TPSA) is 72.3 Å². The molecule has 1 aliphatic heterocycles. The molecule has 6 nitrogen and oxygen atoms in total. The van der Waals surface area contributed by atoms with Crippen LogP contribution in [0.1, 0.15) is 34.0 Å². The van der Waals surface area contributed by atoms with Crippen molar-refractivity contribution >= 4 is 35.0 Å². The largest absolute Gasteiger partial charge is 0.429 e. The fourth-order valence-electron chi connectivity index (χ4n) is 3.58. The first-order chi connectivity index (χ1) is 13.9. The number of rotatable bonds is 7. The van der Waals surface area contributed by atoms with Crippen molar-refractivity contribution in [2.75, 3.05) is 5.32 Å². The van der Waals surface area contributed by atoms with Crippen molar-refractivity contribution < 1.29 is 4.74 Å². The van der Waals surface area contributed by atoms with Crippen LogP contribution in [0.3, 0.4) is 0 Å². The highest BCUT2D eigenvalue weighted by atomic mass is 35.5. The summed E-state index contributed by atoms with van der Waals surface area (Å²) in [4.78, 5) is 19.0. The molecule has 8 heteroatoms. The number of nitrogens with zero attached hydrogens (tertiary/aromatic N) is 4. The Labute approximate surface area is 179 Å². The van der Waals surface area contributed by atoms with Gasteiger partial charge in [-0.2, -0.15) is 9.97 Å². The van der Waals surface area contributed by atoms with E-state index in [1.165, 1.54) is 4.88 Å². The highest BCUT2D eigenvalue weighted by molar-refractivity contribution is 7.11. The van der Waals surface area contributed by atoms with E-state index >= 15 is 0 Å². The van der Waals surface area contributed by atoms with Gasteiger partial charge in [-0.05, 0) is 45.6 Å². The molecular formula is C21H24ClN5OS. The van der Waals surface area contributed by atoms with Crippen LogP contribution in [-0.4, -0.2) is 27.2 Å². The molecule has 0 saturated heterocycles. The minimum atomic E-state index is 0.225. The molecule has 0 aromatic carbocycles. The number of hydrogen-bond acceptors (Lipinski definition) is 7. The fourth-order valence-corrected chi connectivity index (χ4v) is 4.62. The van der Waals surface area contributed by atoms with E-state index < -0.39 is 0 Å². The zero-order valence-corrected chi connectivity index (χ0v) is 18.3. The Morgan fingerprint density at radius 2 is 2.14 bits per heavy atom. The molecule has 3 unspecified atom stereocenters. The van der Waals surface area contributed by atoms with Crippen molar-refractivity contribution in [3.05, 3.63) is 50.8 Å². The summed E-state index contributed by atoms with van der Waals surface area (Å²) in [6.07, 6.45) is 8.03. The minimum Gasteiger partial charge on any atom is -0.429 e. The first-order valence-corrected chi connectivity index (χ1v) is 10.9. The van der Waals surface area contributed by atoms with Crippen LogP contribution in [0.5, 0.6) is 6.01 Å². The standard InChI is InChI=1S/C21H24ClN5OS/c1-11-19(22)26-21(27-20(11)24-10-18-12(2)25-14(4)29-18)28-13(3)15-9-16(15)17-7-5-6-8-23-17/h5-6,8,15-17H,3,7,9-10H2,1-2,4H3,(H,24,26,27). The Kier molecular flexibility index (Phi) is 5.69. The smallest absolute Gasteiger partial charge is 0.325 e. The summed E-state index contributed by atoms with van der Waals surface area (Å²) in [6.45, 7) is 10.6. The van der Waals surface area contributed by atoms with Gasteiger partial charge in [0.25, 0.3) is 0 Å². The highest BCUT2D eigenvalue weighted by Gasteiger charge is 2.45. The maximum atomic E-state index is 6.33. The Morgan fingerprint density at radius 3 is 2.83 bits per heavy atom. The Balaban J connectivity index is 1.41. The van der Waals surface area contributed by atoms with E-state index in [4.69, 9.17) is 16.3 Å². The Morgan fingerprint density at radius 1 is 1.31 bits per heavy atom. The number of allylic oxidation sites excluding steroid dienone is 2. The van der Waals surface area contributed by atoms with Crippen molar-refractivity contribution in [2.45, 2.75) is 46.2 Å². The van der Waals surface area contributed by atoms with E-state index in [9.17, 15) is 0 Å². The summed E-state index contributed by atoms with van der Waals surface area (Å²) in [6, 6.07) is 0.541. The van der Waals surface area contributed by atoms with E-state index in [0.717, 1.165) is 29.1 Å². The van der Waals surface area contributed by atoms with Crippen molar-refractivity contribution in [1.29, 1.82) is 0 Å². The van der Waals surface area contributed by atoms with Crippen molar-refractivity contribution in [3.63, 3.8) is 0 Å². The molecule has 0 radical (unpaired) electrons. The summed E-state index contributed by atoms with van der Waals surface area (Å²) in [5.74, 6) is 2.10. The Bertz CT molecular complexity index is 999. The predicted molar refractivity (Wildman–Crippen MR) is 118 cm³/mol. The molecule has 2 aromatic rings. The molecule has 0 amide bonds. The lowest BCUT2D eigenvalue weighted by Crippen LogP contribution is -2.12. The molecule has 1 saturated carbocycles. The number of thiazole rings is 1. The maximum Gasteiger partial charge on any atom is 0.325 e. The molecule has 1 N–H and O–H groups in total. The average Bonchev–Trinajstić information content (AvgIpc) is 3.43. The second kappa shape index (κ2) is 8.24. The van der Waals surface area contributed by atoms with Gasteiger partial charge in [0, 0.05) is 22.6 Å².